The van der Waals surface area contributed by atoms with Gasteiger partial charge >= 0.3 is 0 Å². The van der Waals surface area contributed by atoms with Crippen LogP contribution in [0, 0.1) is 0 Å². The number of morpholine rings is 1. The molecule has 1 saturated heterocycles. The molecule has 1 heterocycles. The summed E-state index contributed by atoms with van der Waals surface area (Å²) in [5, 5.41) is 0. The standard InChI is InChI=1S/C16H23NO4/c1-19-11-14-12-21-10-9-17(14)16(18)8-5-13-3-6-15(20-2)7-4-13/h3-4,6-7,14H,5,8-12H2,1-2H3. The van der Waals surface area contributed by atoms with E-state index in [-0.39, 0.29) is 11.9 Å². The molecule has 2 rings (SSSR count). The molecule has 1 atom stereocenters. The van der Waals surface area contributed by atoms with Crippen LogP contribution < -0.4 is 4.74 Å². The van der Waals surface area contributed by atoms with Gasteiger partial charge in [-0.3, -0.25) is 4.79 Å². The molecule has 1 aliphatic heterocycles. The Morgan fingerprint density at radius 2 is 2.10 bits per heavy atom. The highest BCUT2D eigenvalue weighted by atomic mass is 16.5. The molecule has 5 heteroatoms. The summed E-state index contributed by atoms with van der Waals surface area (Å²) in [6.07, 6.45) is 1.24. The summed E-state index contributed by atoms with van der Waals surface area (Å²) in [6, 6.07) is 7.87. The third-order valence-corrected chi connectivity index (χ3v) is 3.69. The van der Waals surface area contributed by atoms with Crippen LogP contribution >= 0.6 is 0 Å². The summed E-state index contributed by atoms with van der Waals surface area (Å²) in [7, 11) is 3.29. The Bertz CT molecular complexity index is 444. The summed E-state index contributed by atoms with van der Waals surface area (Å²) in [4.78, 5) is 14.3. The maximum Gasteiger partial charge on any atom is 0.223 e. The molecule has 1 aromatic rings. The van der Waals surface area contributed by atoms with Crippen molar-refractivity contribution in [3.8, 4) is 5.75 Å². The second-order valence-corrected chi connectivity index (χ2v) is 5.12. The Morgan fingerprint density at radius 1 is 1.33 bits per heavy atom. The van der Waals surface area contributed by atoms with Crippen LogP contribution in [0.1, 0.15) is 12.0 Å². The molecule has 1 fully saturated rings. The van der Waals surface area contributed by atoms with E-state index in [1.54, 1.807) is 14.2 Å². The van der Waals surface area contributed by atoms with Gasteiger partial charge in [0.2, 0.25) is 5.91 Å². The zero-order chi connectivity index (χ0) is 15.1. The second-order valence-electron chi connectivity index (χ2n) is 5.12. The highest BCUT2D eigenvalue weighted by Gasteiger charge is 2.26. The zero-order valence-corrected chi connectivity index (χ0v) is 12.7. The molecule has 0 aromatic heterocycles. The number of aryl methyl sites for hydroxylation is 1. The Balaban J connectivity index is 1.87. The van der Waals surface area contributed by atoms with Gasteiger partial charge in [-0.05, 0) is 24.1 Å². The number of rotatable bonds is 6. The van der Waals surface area contributed by atoms with E-state index in [9.17, 15) is 4.79 Å². The first kappa shape index (κ1) is 15.8. The molecular formula is C16H23NO4. The molecule has 1 aliphatic rings. The van der Waals surface area contributed by atoms with Gasteiger partial charge in [-0.25, -0.2) is 0 Å². The maximum absolute atomic E-state index is 12.4. The quantitative estimate of drug-likeness (QED) is 0.797. The Labute approximate surface area is 125 Å². The molecule has 0 aliphatic carbocycles. The number of hydrogen-bond donors (Lipinski definition) is 0. The fraction of sp³-hybridized carbons (Fsp3) is 0.562. The molecule has 5 nitrogen and oxygen atoms in total. The number of benzene rings is 1. The molecule has 0 radical (unpaired) electrons. The summed E-state index contributed by atoms with van der Waals surface area (Å²) in [5.74, 6) is 0.995. The van der Waals surface area contributed by atoms with Crippen LogP contribution in [0.4, 0.5) is 0 Å². The number of nitrogens with zero attached hydrogens (tertiary/aromatic N) is 1. The minimum absolute atomic E-state index is 0.0344. The predicted octanol–water partition coefficient (Wildman–Crippen LogP) is 1.50. The molecule has 1 aromatic carbocycles. The smallest absolute Gasteiger partial charge is 0.223 e. The van der Waals surface area contributed by atoms with Crippen molar-refractivity contribution in [1.29, 1.82) is 0 Å². The number of ether oxygens (including phenoxy) is 3. The Kier molecular flexibility index (Phi) is 6.02. The lowest BCUT2D eigenvalue weighted by Gasteiger charge is -2.35. The fourth-order valence-corrected chi connectivity index (χ4v) is 2.50. The van der Waals surface area contributed by atoms with Crippen molar-refractivity contribution in [3.05, 3.63) is 29.8 Å². The Hall–Kier alpha value is -1.59. The van der Waals surface area contributed by atoms with E-state index in [0.29, 0.717) is 32.8 Å². The largest absolute Gasteiger partial charge is 0.497 e. The zero-order valence-electron chi connectivity index (χ0n) is 12.7. The van der Waals surface area contributed by atoms with E-state index in [1.807, 2.05) is 29.2 Å². The SMILES string of the molecule is COCC1COCCN1C(=O)CCc1ccc(OC)cc1. The van der Waals surface area contributed by atoms with E-state index >= 15 is 0 Å². The average molecular weight is 293 g/mol. The lowest BCUT2D eigenvalue weighted by Crippen LogP contribution is -2.50. The fourth-order valence-electron chi connectivity index (χ4n) is 2.50. The summed E-state index contributed by atoms with van der Waals surface area (Å²) >= 11 is 0. The van der Waals surface area contributed by atoms with Gasteiger partial charge in [0.1, 0.15) is 5.75 Å². The lowest BCUT2D eigenvalue weighted by molar-refractivity contribution is -0.142. The van der Waals surface area contributed by atoms with Gasteiger partial charge in [0.25, 0.3) is 0 Å². The Morgan fingerprint density at radius 3 is 2.76 bits per heavy atom. The van der Waals surface area contributed by atoms with Gasteiger partial charge in [-0.2, -0.15) is 0 Å². The molecule has 0 bridgehead atoms. The molecule has 116 valence electrons. The van der Waals surface area contributed by atoms with Crippen molar-refractivity contribution in [1.82, 2.24) is 4.90 Å². The van der Waals surface area contributed by atoms with E-state index in [2.05, 4.69) is 0 Å². The van der Waals surface area contributed by atoms with Crippen LogP contribution in [0.15, 0.2) is 24.3 Å². The molecule has 0 spiro atoms. The van der Waals surface area contributed by atoms with Crippen LogP contribution in [-0.4, -0.2) is 57.4 Å². The van der Waals surface area contributed by atoms with E-state index in [0.717, 1.165) is 17.7 Å². The van der Waals surface area contributed by atoms with E-state index < -0.39 is 0 Å². The molecule has 0 saturated carbocycles. The summed E-state index contributed by atoms with van der Waals surface area (Å²) < 4.78 is 15.7. The number of methoxy groups -OCH3 is 2. The summed E-state index contributed by atoms with van der Waals surface area (Å²) in [5.41, 5.74) is 1.14. The monoisotopic (exact) mass is 293 g/mol. The van der Waals surface area contributed by atoms with Gasteiger partial charge in [-0.1, -0.05) is 12.1 Å². The predicted molar refractivity (Wildman–Crippen MR) is 79.5 cm³/mol. The van der Waals surface area contributed by atoms with Gasteiger partial charge < -0.3 is 19.1 Å². The first-order valence-corrected chi connectivity index (χ1v) is 7.23. The van der Waals surface area contributed by atoms with Crippen molar-refractivity contribution in [2.45, 2.75) is 18.9 Å². The van der Waals surface area contributed by atoms with Crippen molar-refractivity contribution in [3.63, 3.8) is 0 Å². The van der Waals surface area contributed by atoms with E-state index in [4.69, 9.17) is 14.2 Å². The van der Waals surface area contributed by atoms with Crippen molar-refractivity contribution in [2.75, 3.05) is 40.6 Å². The minimum atomic E-state index is 0.0344. The number of amides is 1. The van der Waals surface area contributed by atoms with Crippen LogP contribution in [0.5, 0.6) is 5.75 Å². The maximum atomic E-state index is 12.4. The van der Waals surface area contributed by atoms with Crippen molar-refractivity contribution >= 4 is 5.91 Å². The summed E-state index contributed by atoms with van der Waals surface area (Å²) in [6.45, 7) is 2.33. The van der Waals surface area contributed by atoms with Crippen LogP contribution in [-0.2, 0) is 20.7 Å². The number of hydrogen-bond acceptors (Lipinski definition) is 4. The van der Waals surface area contributed by atoms with Crippen molar-refractivity contribution in [2.24, 2.45) is 0 Å². The number of carbonyl (C=O) groups is 1. The van der Waals surface area contributed by atoms with Crippen molar-refractivity contribution < 1.29 is 19.0 Å². The van der Waals surface area contributed by atoms with E-state index in [1.165, 1.54) is 0 Å². The van der Waals surface area contributed by atoms with Crippen LogP contribution in [0.3, 0.4) is 0 Å². The van der Waals surface area contributed by atoms with Gasteiger partial charge in [0.05, 0.1) is 33.0 Å². The molecule has 1 amide bonds. The third kappa shape index (κ3) is 4.44. The molecule has 21 heavy (non-hydrogen) atoms. The average Bonchev–Trinajstić information content (AvgIpc) is 2.54. The number of carbonyl (C=O) groups excluding carboxylic acids is 1. The molecule has 1 unspecified atom stereocenters. The molecular weight excluding hydrogens is 270 g/mol. The van der Waals surface area contributed by atoms with Gasteiger partial charge in [-0.15, -0.1) is 0 Å². The third-order valence-electron chi connectivity index (χ3n) is 3.69. The topological polar surface area (TPSA) is 48.0 Å². The van der Waals surface area contributed by atoms with Gasteiger partial charge in [0, 0.05) is 20.1 Å². The lowest BCUT2D eigenvalue weighted by atomic mass is 10.1. The van der Waals surface area contributed by atoms with Gasteiger partial charge in [0.15, 0.2) is 0 Å². The molecule has 0 N–H and O–H groups in total. The first-order valence-electron chi connectivity index (χ1n) is 7.23. The minimum Gasteiger partial charge on any atom is -0.497 e. The highest BCUT2D eigenvalue weighted by Crippen LogP contribution is 2.14. The highest BCUT2D eigenvalue weighted by molar-refractivity contribution is 5.77. The first-order chi connectivity index (χ1) is 10.2. The second kappa shape index (κ2) is 8.00. The van der Waals surface area contributed by atoms with Crippen LogP contribution in [0.2, 0.25) is 0 Å². The van der Waals surface area contributed by atoms with Crippen LogP contribution in [0.25, 0.3) is 0 Å². The normalized spacial score (nSPS) is 18.6.